The third kappa shape index (κ3) is 2.56. The summed E-state index contributed by atoms with van der Waals surface area (Å²) in [7, 11) is 0. The predicted molar refractivity (Wildman–Crippen MR) is 61.0 cm³/mol. The molecule has 1 heterocycles. The molecule has 0 aliphatic rings. The van der Waals surface area contributed by atoms with Gasteiger partial charge in [0.2, 0.25) is 0 Å². The highest BCUT2D eigenvalue weighted by atomic mass is 19.4. The lowest BCUT2D eigenvalue weighted by Gasteiger charge is -2.06. The van der Waals surface area contributed by atoms with Crippen molar-refractivity contribution in [2.45, 2.75) is 6.18 Å². The number of oxime groups is 1. The Bertz CT molecular complexity index is 663. The van der Waals surface area contributed by atoms with Crippen LogP contribution in [0.3, 0.4) is 0 Å². The van der Waals surface area contributed by atoms with Crippen LogP contribution in [0, 0.1) is 5.82 Å². The Balaban J connectivity index is 2.41. The van der Waals surface area contributed by atoms with E-state index in [4.69, 9.17) is 10.9 Å². The first kappa shape index (κ1) is 13.8. The second kappa shape index (κ2) is 4.83. The maximum atomic E-state index is 13.8. The second-order valence-electron chi connectivity index (χ2n) is 3.79. The summed E-state index contributed by atoms with van der Waals surface area (Å²) in [5.74, 6) is -1.17. The summed E-state index contributed by atoms with van der Waals surface area (Å²) >= 11 is 0. The molecular formula is C11H8F4N4O. The second-order valence-corrected chi connectivity index (χ2v) is 3.79. The van der Waals surface area contributed by atoms with Gasteiger partial charge in [0.15, 0.2) is 11.5 Å². The molecule has 1 aromatic heterocycles. The van der Waals surface area contributed by atoms with E-state index in [9.17, 15) is 17.6 Å². The van der Waals surface area contributed by atoms with Crippen LogP contribution < -0.4 is 5.73 Å². The van der Waals surface area contributed by atoms with E-state index in [-0.39, 0.29) is 17.1 Å². The Labute approximate surface area is 109 Å². The fraction of sp³-hybridized carbons (Fsp3) is 0.0909. The van der Waals surface area contributed by atoms with E-state index in [1.807, 2.05) is 0 Å². The van der Waals surface area contributed by atoms with Crippen LogP contribution in [-0.4, -0.2) is 20.8 Å². The Hall–Kier alpha value is -2.58. The Kier molecular flexibility index (Phi) is 3.35. The van der Waals surface area contributed by atoms with E-state index < -0.39 is 17.7 Å². The van der Waals surface area contributed by atoms with Crippen LogP contribution in [0.1, 0.15) is 11.3 Å². The summed E-state index contributed by atoms with van der Waals surface area (Å²) in [5.41, 5.74) is 4.06. The molecule has 2 aromatic rings. The number of halogens is 4. The highest BCUT2D eigenvalue weighted by molar-refractivity contribution is 5.97. The third-order valence-electron chi connectivity index (χ3n) is 2.48. The van der Waals surface area contributed by atoms with Gasteiger partial charge in [0.05, 0.1) is 0 Å². The fourth-order valence-corrected chi connectivity index (χ4v) is 1.52. The lowest BCUT2D eigenvalue weighted by atomic mass is 10.2. The maximum Gasteiger partial charge on any atom is 0.435 e. The molecule has 0 radical (unpaired) electrons. The molecule has 0 spiro atoms. The number of aromatic nitrogens is 2. The normalized spacial score (nSPS) is 12.7. The minimum Gasteiger partial charge on any atom is -0.409 e. The predicted octanol–water partition coefficient (Wildman–Crippen LogP) is 2.12. The van der Waals surface area contributed by atoms with Crippen LogP contribution in [0.15, 0.2) is 35.6 Å². The fourth-order valence-electron chi connectivity index (χ4n) is 1.52. The minimum absolute atomic E-state index is 0.0944. The topological polar surface area (TPSA) is 76.4 Å². The van der Waals surface area contributed by atoms with E-state index >= 15 is 0 Å². The van der Waals surface area contributed by atoms with Gasteiger partial charge < -0.3 is 10.9 Å². The van der Waals surface area contributed by atoms with Gasteiger partial charge in [0, 0.05) is 11.8 Å². The van der Waals surface area contributed by atoms with Gasteiger partial charge in [-0.2, -0.15) is 18.3 Å². The van der Waals surface area contributed by atoms with Gasteiger partial charge in [-0.05, 0) is 24.3 Å². The molecule has 3 N–H and O–H groups in total. The summed E-state index contributed by atoms with van der Waals surface area (Å²) in [5, 5.41) is 14.4. The van der Waals surface area contributed by atoms with Crippen molar-refractivity contribution in [3.8, 4) is 5.69 Å². The van der Waals surface area contributed by atoms with Crippen LogP contribution in [-0.2, 0) is 6.18 Å². The van der Waals surface area contributed by atoms with Crippen LogP contribution >= 0.6 is 0 Å². The minimum atomic E-state index is -4.60. The van der Waals surface area contributed by atoms with Gasteiger partial charge in [-0.25, -0.2) is 9.07 Å². The van der Waals surface area contributed by atoms with Gasteiger partial charge in [-0.3, -0.25) is 0 Å². The average Bonchev–Trinajstić information content (AvgIpc) is 2.87. The van der Waals surface area contributed by atoms with Crippen molar-refractivity contribution in [1.82, 2.24) is 9.78 Å². The molecule has 0 saturated heterocycles. The van der Waals surface area contributed by atoms with E-state index in [2.05, 4.69) is 10.3 Å². The van der Waals surface area contributed by atoms with Crippen molar-refractivity contribution in [3.63, 3.8) is 0 Å². The molecule has 5 nitrogen and oxygen atoms in total. The number of amidine groups is 1. The Morgan fingerprint density at radius 1 is 1.30 bits per heavy atom. The molecule has 0 atom stereocenters. The molecule has 2 rings (SSSR count). The van der Waals surface area contributed by atoms with Crippen molar-refractivity contribution in [2.24, 2.45) is 10.9 Å². The van der Waals surface area contributed by atoms with Gasteiger partial charge in [0.1, 0.15) is 11.5 Å². The molecule has 0 aliphatic carbocycles. The summed E-state index contributed by atoms with van der Waals surface area (Å²) < 4.78 is 51.8. The molecule has 20 heavy (non-hydrogen) atoms. The average molecular weight is 288 g/mol. The van der Waals surface area contributed by atoms with E-state index in [1.54, 1.807) is 0 Å². The molecule has 0 bridgehead atoms. The van der Waals surface area contributed by atoms with E-state index in [0.29, 0.717) is 0 Å². The molecular weight excluding hydrogens is 280 g/mol. The molecule has 106 valence electrons. The largest absolute Gasteiger partial charge is 0.435 e. The van der Waals surface area contributed by atoms with Gasteiger partial charge in [-0.1, -0.05) is 5.16 Å². The lowest BCUT2D eigenvalue weighted by molar-refractivity contribution is -0.141. The van der Waals surface area contributed by atoms with Crippen LogP contribution in [0.5, 0.6) is 0 Å². The smallest absolute Gasteiger partial charge is 0.409 e. The van der Waals surface area contributed by atoms with Crippen LogP contribution in [0.25, 0.3) is 5.69 Å². The first-order chi connectivity index (χ1) is 9.32. The van der Waals surface area contributed by atoms with Crippen LogP contribution in [0.2, 0.25) is 0 Å². The SMILES string of the molecule is NC(=NO)c1ccc(-n2ccc(C(F)(F)F)n2)c(F)c1. The van der Waals surface area contributed by atoms with Crippen molar-refractivity contribution >= 4 is 5.84 Å². The van der Waals surface area contributed by atoms with Crippen molar-refractivity contribution < 1.29 is 22.8 Å². The summed E-state index contributed by atoms with van der Waals surface area (Å²) in [6.45, 7) is 0. The zero-order chi connectivity index (χ0) is 14.9. The molecule has 0 aliphatic heterocycles. The summed E-state index contributed by atoms with van der Waals surface area (Å²) in [6.07, 6.45) is -3.61. The highest BCUT2D eigenvalue weighted by Crippen LogP contribution is 2.28. The highest BCUT2D eigenvalue weighted by Gasteiger charge is 2.33. The first-order valence-corrected chi connectivity index (χ1v) is 5.23. The maximum absolute atomic E-state index is 13.8. The number of nitrogens with zero attached hydrogens (tertiary/aromatic N) is 3. The van der Waals surface area contributed by atoms with Gasteiger partial charge >= 0.3 is 6.18 Å². The molecule has 1 aromatic carbocycles. The Morgan fingerprint density at radius 2 is 2.00 bits per heavy atom. The molecule has 0 amide bonds. The number of hydrogen-bond acceptors (Lipinski definition) is 3. The van der Waals surface area contributed by atoms with Gasteiger partial charge in [-0.15, -0.1) is 0 Å². The number of hydrogen-bond donors (Lipinski definition) is 2. The third-order valence-corrected chi connectivity index (χ3v) is 2.48. The number of alkyl halides is 3. The number of rotatable bonds is 2. The van der Waals surface area contributed by atoms with Gasteiger partial charge in [0.25, 0.3) is 0 Å². The molecule has 0 saturated carbocycles. The molecule has 0 unspecified atom stereocenters. The summed E-state index contributed by atoms with van der Waals surface area (Å²) in [6, 6.07) is 4.13. The molecule has 0 fully saturated rings. The standard InChI is InChI=1S/C11H8F4N4O/c12-7-5-6(10(16)18-20)1-2-8(7)19-4-3-9(17-19)11(13,14)15/h1-5,20H,(H2,16,18). The zero-order valence-corrected chi connectivity index (χ0v) is 9.76. The monoisotopic (exact) mass is 288 g/mol. The van der Waals surface area contributed by atoms with Crippen molar-refractivity contribution in [1.29, 1.82) is 0 Å². The lowest BCUT2D eigenvalue weighted by Crippen LogP contribution is -2.14. The van der Waals surface area contributed by atoms with Crippen molar-refractivity contribution in [3.05, 3.63) is 47.5 Å². The quantitative estimate of drug-likeness (QED) is 0.292. The van der Waals surface area contributed by atoms with E-state index in [1.165, 1.54) is 12.1 Å². The summed E-state index contributed by atoms with van der Waals surface area (Å²) in [4.78, 5) is 0. The zero-order valence-electron chi connectivity index (χ0n) is 9.76. The Morgan fingerprint density at radius 3 is 2.50 bits per heavy atom. The van der Waals surface area contributed by atoms with E-state index in [0.717, 1.165) is 23.0 Å². The van der Waals surface area contributed by atoms with Crippen LogP contribution in [0.4, 0.5) is 17.6 Å². The number of benzene rings is 1. The van der Waals surface area contributed by atoms with Crippen molar-refractivity contribution in [2.75, 3.05) is 0 Å². The molecule has 9 heteroatoms. The number of nitrogens with two attached hydrogens (primary N) is 1. The first-order valence-electron chi connectivity index (χ1n) is 5.23.